The van der Waals surface area contributed by atoms with Crippen molar-refractivity contribution in [1.82, 2.24) is 9.88 Å². The van der Waals surface area contributed by atoms with E-state index in [-0.39, 0.29) is 24.8 Å². The Morgan fingerprint density at radius 1 is 0.971 bits per heavy atom. The first kappa shape index (κ1) is 22.6. The van der Waals surface area contributed by atoms with E-state index in [0.717, 1.165) is 35.1 Å². The molecule has 8 heteroatoms. The van der Waals surface area contributed by atoms with Crippen LogP contribution in [0.15, 0.2) is 66.9 Å². The minimum absolute atomic E-state index is 0.0436. The molecule has 2 N–H and O–H groups in total. The molecule has 2 aliphatic carbocycles. The van der Waals surface area contributed by atoms with Crippen LogP contribution in [-0.2, 0) is 9.53 Å². The van der Waals surface area contributed by atoms with Crippen LogP contribution in [0.25, 0.3) is 11.1 Å². The van der Waals surface area contributed by atoms with Crippen molar-refractivity contribution >= 4 is 23.7 Å². The summed E-state index contributed by atoms with van der Waals surface area (Å²) in [5.74, 6) is -1.19. The number of carboxylic acid groups (broad SMARTS) is 1. The molecule has 0 aliphatic heterocycles. The van der Waals surface area contributed by atoms with Gasteiger partial charge in [0.2, 0.25) is 0 Å². The van der Waals surface area contributed by atoms with Crippen molar-refractivity contribution in [3.63, 3.8) is 0 Å². The second-order valence-electron chi connectivity index (χ2n) is 8.91. The van der Waals surface area contributed by atoms with Gasteiger partial charge in [-0.3, -0.25) is 14.9 Å². The number of nitrogens with zero attached hydrogens (tertiary/aromatic N) is 2. The molecule has 3 aromatic rings. The zero-order valence-electron chi connectivity index (χ0n) is 19.0. The maximum Gasteiger partial charge on any atom is 0.411 e. The summed E-state index contributed by atoms with van der Waals surface area (Å²) in [7, 11) is 0. The molecule has 2 aliphatic rings. The van der Waals surface area contributed by atoms with Gasteiger partial charge in [0.15, 0.2) is 0 Å². The van der Waals surface area contributed by atoms with Crippen LogP contribution in [-0.4, -0.2) is 52.7 Å². The van der Waals surface area contributed by atoms with Gasteiger partial charge in [-0.05, 0) is 53.1 Å². The van der Waals surface area contributed by atoms with Gasteiger partial charge in [0, 0.05) is 12.5 Å². The number of nitrogens with one attached hydrogen (secondary N) is 1. The monoisotopic (exact) mass is 471 g/mol. The van der Waals surface area contributed by atoms with Crippen molar-refractivity contribution in [2.75, 3.05) is 25.0 Å². The zero-order valence-corrected chi connectivity index (χ0v) is 19.0. The van der Waals surface area contributed by atoms with E-state index in [0.29, 0.717) is 18.2 Å². The van der Waals surface area contributed by atoms with E-state index in [1.54, 1.807) is 6.07 Å². The Labute approximate surface area is 202 Å². The summed E-state index contributed by atoms with van der Waals surface area (Å²) in [6.07, 6.45) is 2.75. The van der Waals surface area contributed by atoms with Crippen LogP contribution in [0.4, 0.5) is 10.5 Å². The molecule has 0 spiro atoms. The first-order valence-electron chi connectivity index (χ1n) is 11.6. The van der Waals surface area contributed by atoms with E-state index in [1.807, 2.05) is 24.3 Å². The number of carboxylic acids is 1. The van der Waals surface area contributed by atoms with Crippen LogP contribution in [0.1, 0.15) is 40.4 Å². The van der Waals surface area contributed by atoms with Gasteiger partial charge in [-0.25, -0.2) is 9.78 Å². The highest BCUT2D eigenvalue weighted by Crippen LogP contribution is 2.44. The number of fused-ring (bicyclic) bond motifs is 3. The van der Waals surface area contributed by atoms with E-state index < -0.39 is 18.0 Å². The number of amides is 2. The highest BCUT2D eigenvalue weighted by Gasteiger charge is 2.30. The third kappa shape index (κ3) is 5.01. The Bertz CT molecular complexity index is 1220. The van der Waals surface area contributed by atoms with Crippen molar-refractivity contribution in [3.8, 4) is 11.1 Å². The number of aliphatic carboxylic acids is 1. The van der Waals surface area contributed by atoms with E-state index >= 15 is 0 Å². The lowest BCUT2D eigenvalue weighted by Gasteiger charge is -2.20. The highest BCUT2D eigenvalue weighted by molar-refractivity contribution is 5.94. The summed E-state index contributed by atoms with van der Waals surface area (Å²) in [4.78, 5) is 41.8. The number of ether oxygens (including phenoxy) is 1. The predicted octanol–water partition coefficient (Wildman–Crippen LogP) is 4.38. The van der Waals surface area contributed by atoms with Gasteiger partial charge in [0.05, 0.1) is 11.9 Å². The predicted molar refractivity (Wildman–Crippen MR) is 129 cm³/mol. The highest BCUT2D eigenvalue weighted by atomic mass is 16.5. The van der Waals surface area contributed by atoms with Crippen molar-refractivity contribution in [2.45, 2.75) is 18.8 Å². The van der Waals surface area contributed by atoms with E-state index in [9.17, 15) is 14.4 Å². The molecule has 178 valence electrons. The van der Waals surface area contributed by atoms with E-state index in [4.69, 9.17) is 9.84 Å². The number of benzene rings is 2. The lowest BCUT2D eigenvalue weighted by atomic mass is 9.98. The van der Waals surface area contributed by atoms with Crippen molar-refractivity contribution in [3.05, 3.63) is 83.7 Å². The van der Waals surface area contributed by atoms with Gasteiger partial charge < -0.3 is 14.7 Å². The minimum atomic E-state index is -1.06. The molecule has 0 unspecified atom stereocenters. The van der Waals surface area contributed by atoms with Gasteiger partial charge in [-0.15, -0.1) is 0 Å². The van der Waals surface area contributed by atoms with Gasteiger partial charge >= 0.3 is 12.1 Å². The molecule has 0 bridgehead atoms. The number of anilines is 1. The molecule has 0 atom stereocenters. The fraction of sp³-hybridized carbons (Fsp3) is 0.259. The molecule has 35 heavy (non-hydrogen) atoms. The normalized spacial score (nSPS) is 14.1. The van der Waals surface area contributed by atoms with E-state index in [1.165, 1.54) is 17.2 Å². The van der Waals surface area contributed by atoms with Crippen LogP contribution < -0.4 is 5.32 Å². The first-order chi connectivity index (χ1) is 17.0. The molecule has 5 rings (SSSR count). The fourth-order valence-electron chi connectivity index (χ4n) is 4.50. The third-order valence-corrected chi connectivity index (χ3v) is 6.36. The molecule has 1 aromatic heterocycles. The summed E-state index contributed by atoms with van der Waals surface area (Å²) in [6, 6.07) is 19.2. The molecular formula is C27H25N3O5. The van der Waals surface area contributed by atoms with Crippen LogP contribution in [0.3, 0.4) is 0 Å². The average Bonchev–Trinajstić information content (AvgIpc) is 3.62. The Hall–Kier alpha value is -4.20. The van der Waals surface area contributed by atoms with Gasteiger partial charge in [-0.2, -0.15) is 0 Å². The standard InChI is InChI=1S/C27H25N3O5/c31-25(32)15-30(14-17-9-10-17)26(33)24-12-11-18(13-28-24)29-27(34)35-16-23-21-7-3-1-5-19(21)20-6-2-4-8-22(20)23/h1-8,11-13,17,23H,9-10,14-16H2,(H,29,34)(H,31,32). The van der Waals surface area contributed by atoms with Gasteiger partial charge in [0.1, 0.15) is 18.8 Å². The summed E-state index contributed by atoms with van der Waals surface area (Å²) in [6.45, 7) is 0.235. The summed E-state index contributed by atoms with van der Waals surface area (Å²) in [5.41, 5.74) is 5.07. The quantitative estimate of drug-likeness (QED) is 0.505. The lowest BCUT2D eigenvalue weighted by Crippen LogP contribution is -2.37. The van der Waals surface area contributed by atoms with Gasteiger partial charge in [0.25, 0.3) is 5.91 Å². The van der Waals surface area contributed by atoms with Crippen molar-refractivity contribution in [1.29, 1.82) is 0 Å². The van der Waals surface area contributed by atoms with E-state index in [2.05, 4.69) is 34.6 Å². The number of hydrogen-bond donors (Lipinski definition) is 2. The Kier molecular flexibility index (Phi) is 6.18. The fourth-order valence-corrected chi connectivity index (χ4v) is 4.50. The number of hydrogen-bond acceptors (Lipinski definition) is 5. The number of carbonyl (C=O) groups excluding carboxylic acids is 2. The molecule has 8 nitrogen and oxygen atoms in total. The molecule has 1 fully saturated rings. The summed E-state index contributed by atoms with van der Waals surface area (Å²) < 4.78 is 5.54. The largest absolute Gasteiger partial charge is 0.480 e. The number of pyridine rings is 1. The lowest BCUT2D eigenvalue weighted by molar-refractivity contribution is -0.137. The molecule has 2 aromatic carbocycles. The minimum Gasteiger partial charge on any atom is -0.480 e. The van der Waals surface area contributed by atoms with Crippen molar-refractivity contribution < 1.29 is 24.2 Å². The maximum absolute atomic E-state index is 12.7. The summed E-state index contributed by atoms with van der Waals surface area (Å²) in [5, 5.41) is 11.8. The van der Waals surface area contributed by atoms with Crippen LogP contribution in [0, 0.1) is 5.92 Å². The summed E-state index contributed by atoms with van der Waals surface area (Å²) >= 11 is 0. The first-order valence-corrected chi connectivity index (χ1v) is 11.6. The molecular weight excluding hydrogens is 446 g/mol. The van der Waals surface area contributed by atoms with Crippen LogP contribution >= 0.6 is 0 Å². The van der Waals surface area contributed by atoms with Crippen molar-refractivity contribution in [2.24, 2.45) is 5.92 Å². The second kappa shape index (κ2) is 9.58. The van der Waals surface area contributed by atoms with Crippen LogP contribution in [0.2, 0.25) is 0 Å². The average molecular weight is 472 g/mol. The number of carbonyl (C=O) groups is 3. The Morgan fingerprint density at radius 2 is 1.63 bits per heavy atom. The Balaban J connectivity index is 1.20. The molecule has 0 radical (unpaired) electrons. The molecule has 0 saturated heterocycles. The number of aromatic nitrogens is 1. The second-order valence-corrected chi connectivity index (χ2v) is 8.91. The third-order valence-electron chi connectivity index (χ3n) is 6.36. The smallest absolute Gasteiger partial charge is 0.411 e. The molecule has 1 saturated carbocycles. The van der Waals surface area contributed by atoms with Gasteiger partial charge in [-0.1, -0.05) is 48.5 Å². The molecule has 2 amide bonds. The number of rotatable bonds is 8. The maximum atomic E-state index is 12.7. The topological polar surface area (TPSA) is 109 Å². The Morgan fingerprint density at radius 3 is 2.20 bits per heavy atom. The zero-order chi connectivity index (χ0) is 24.4. The van der Waals surface area contributed by atoms with Crippen LogP contribution in [0.5, 0.6) is 0 Å². The SMILES string of the molecule is O=C(O)CN(CC1CC1)C(=O)c1ccc(NC(=O)OCC2c3ccccc3-c3ccccc32)cn1. The molecule has 1 heterocycles.